The third-order valence-electron chi connectivity index (χ3n) is 7.01. The number of carbonyl (C=O) groups is 3. The molecule has 0 bridgehead atoms. The highest BCUT2D eigenvalue weighted by molar-refractivity contribution is 5.95. The summed E-state index contributed by atoms with van der Waals surface area (Å²) >= 11 is 0. The minimum absolute atomic E-state index is 0.000873. The Morgan fingerprint density at radius 1 is 0.949 bits per heavy atom. The molecule has 2 aromatic carbocycles. The van der Waals surface area contributed by atoms with Crippen molar-refractivity contribution in [2.75, 3.05) is 60.1 Å². The van der Waals surface area contributed by atoms with Gasteiger partial charge in [-0.1, -0.05) is 18.2 Å². The van der Waals surface area contributed by atoms with E-state index in [4.69, 9.17) is 14.2 Å². The highest BCUT2D eigenvalue weighted by atomic mass is 16.5. The van der Waals surface area contributed by atoms with Crippen molar-refractivity contribution in [3.05, 3.63) is 70.9 Å². The Morgan fingerprint density at radius 2 is 1.59 bits per heavy atom. The van der Waals surface area contributed by atoms with E-state index in [0.29, 0.717) is 73.2 Å². The summed E-state index contributed by atoms with van der Waals surface area (Å²) in [6, 6.07) is 13.5. The minimum Gasteiger partial charge on any atom is -0.497 e. The maximum Gasteiger partial charge on any atom is 0.338 e. The predicted molar refractivity (Wildman–Crippen MR) is 146 cm³/mol. The second-order valence-corrected chi connectivity index (χ2v) is 9.29. The second-order valence-electron chi connectivity index (χ2n) is 9.29. The van der Waals surface area contributed by atoms with Gasteiger partial charge in [0.05, 0.1) is 32.4 Å². The smallest absolute Gasteiger partial charge is 0.338 e. The molecule has 208 valence electrons. The maximum absolute atomic E-state index is 13.4. The first-order valence-electron chi connectivity index (χ1n) is 13.2. The summed E-state index contributed by atoms with van der Waals surface area (Å²) in [6.45, 7) is 6.87. The van der Waals surface area contributed by atoms with Crippen molar-refractivity contribution in [3.63, 3.8) is 0 Å². The van der Waals surface area contributed by atoms with Crippen LogP contribution >= 0.6 is 0 Å². The first-order chi connectivity index (χ1) is 18.9. The Hall–Kier alpha value is -4.05. The van der Waals surface area contributed by atoms with Crippen LogP contribution in [0.2, 0.25) is 0 Å². The van der Waals surface area contributed by atoms with Crippen LogP contribution in [-0.2, 0) is 9.53 Å². The molecule has 0 spiro atoms. The molecule has 1 atom stereocenters. The van der Waals surface area contributed by atoms with Gasteiger partial charge >= 0.3 is 12.0 Å². The number of urea groups is 1. The van der Waals surface area contributed by atoms with Gasteiger partial charge in [-0.25, -0.2) is 9.59 Å². The zero-order chi connectivity index (χ0) is 27.9. The number of ether oxygens (including phenoxy) is 3. The van der Waals surface area contributed by atoms with E-state index in [2.05, 4.69) is 10.2 Å². The number of likely N-dealkylation sites (N-methyl/N-ethyl adjacent to an activating group) is 1. The molecule has 0 radical (unpaired) electrons. The topological polar surface area (TPSA) is 101 Å². The van der Waals surface area contributed by atoms with E-state index in [1.807, 2.05) is 42.2 Å². The molecule has 0 aliphatic carbocycles. The molecular formula is C29H36N4O6. The van der Waals surface area contributed by atoms with E-state index < -0.39 is 12.0 Å². The Morgan fingerprint density at radius 3 is 2.15 bits per heavy atom. The molecule has 39 heavy (non-hydrogen) atoms. The van der Waals surface area contributed by atoms with Crippen molar-refractivity contribution < 1.29 is 28.6 Å². The van der Waals surface area contributed by atoms with Crippen molar-refractivity contribution in [1.82, 2.24) is 20.0 Å². The summed E-state index contributed by atoms with van der Waals surface area (Å²) in [5.74, 6) is 0.595. The second kappa shape index (κ2) is 12.7. The van der Waals surface area contributed by atoms with Crippen LogP contribution in [0.4, 0.5) is 4.79 Å². The third kappa shape index (κ3) is 6.17. The van der Waals surface area contributed by atoms with E-state index in [0.717, 1.165) is 0 Å². The van der Waals surface area contributed by atoms with Gasteiger partial charge in [0.2, 0.25) is 0 Å². The summed E-state index contributed by atoms with van der Waals surface area (Å²) in [5, 5.41) is 2.98. The maximum atomic E-state index is 13.4. The lowest BCUT2D eigenvalue weighted by Crippen LogP contribution is -2.53. The van der Waals surface area contributed by atoms with E-state index >= 15 is 0 Å². The van der Waals surface area contributed by atoms with Crippen molar-refractivity contribution in [2.24, 2.45) is 0 Å². The summed E-state index contributed by atoms with van der Waals surface area (Å²) in [7, 11) is 3.10. The minimum atomic E-state index is -0.751. The summed E-state index contributed by atoms with van der Waals surface area (Å²) < 4.78 is 16.4. The summed E-state index contributed by atoms with van der Waals surface area (Å²) in [5.41, 5.74) is 2.27. The fourth-order valence-corrected chi connectivity index (χ4v) is 4.99. The van der Waals surface area contributed by atoms with Gasteiger partial charge in [0.25, 0.3) is 5.91 Å². The van der Waals surface area contributed by atoms with Crippen LogP contribution in [0.3, 0.4) is 0 Å². The zero-order valence-electron chi connectivity index (χ0n) is 22.9. The van der Waals surface area contributed by atoms with Gasteiger partial charge in [0.15, 0.2) is 0 Å². The summed E-state index contributed by atoms with van der Waals surface area (Å²) in [6.07, 6.45) is 0. The number of hydrogen-bond acceptors (Lipinski definition) is 7. The van der Waals surface area contributed by atoms with Crippen LogP contribution < -0.4 is 14.8 Å². The first-order valence-corrected chi connectivity index (χ1v) is 13.2. The summed E-state index contributed by atoms with van der Waals surface area (Å²) in [4.78, 5) is 45.2. The number of hydrogen-bond donors (Lipinski definition) is 1. The average molecular weight is 537 g/mol. The van der Waals surface area contributed by atoms with Gasteiger partial charge in [-0.2, -0.15) is 0 Å². The van der Waals surface area contributed by atoms with Gasteiger partial charge in [0, 0.05) is 56.6 Å². The lowest BCUT2D eigenvalue weighted by Gasteiger charge is -2.40. The quantitative estimate of drug-likeness (QED) is 0.492. The number of nitrogens with one attached hydrogen (secondary N) is 1. The van der Waals surface area contributed by atoms with Crippen LogP contribution in [0.25, 0.3) is 0 Å². The molecule has 10 heteroatoms. The molecule has 1 fully saturated rings. The SMILES string of the molecule is CCOC(=O)C1=C(CN2CCN(C(=O)c3ccccc3)CC2)N(CC)C(=O)NC1c1cc(OC)cc(OC)c1. The molecule has 2 aliphatic rings. The predicted octanol–water partition coefficient (Wildman–Crippen LogP) is 3.07. The number of piperazine rings is 1. The van der Waals surface area contributed by atoms with E-state index in [1.165, 1.54) is 0 Å². The number of esters is 1. The molecule has 10 nitrogen and oxygen atoms in total. The molecule has 2 aromatic rings. The van der Waals surface area contributed by atoms with E-state index in [1.54, 1.807) is 44.2 Å². The molecule has 2 aliphatic heterocycles. The standard InChI is InChI=1S/C29H36N4O6/c1-5-33-24(19-31-12-14-32(15-13-31)27(34)20-10-8-7-9-11-20)25(28(35)39-6-2)26(30-29(33)36)21-16-22(37-3)18-23(17-21)38-4/h7-11,16-18,26H,5-6,12-15,19H2,1-4H3,(H,30,36). The highest BCUT2D eigenvalue weighted by Gasteiger charge is 2.39. The molecule has 0 saturated carbocycles. The van der Waals surface area contributed by atoms with Gasteiger partial charge in [-0.05, 0) is 43.7 Å². The van der Waals surface area contributed by atoms with Crippen LogP contribution in [0.15, 0.2) is 59.8 Å². The Balaban J connectivity index is 1.65. The fraction of sp³-hybridized carbons (Fsp3) is 0.414. The van der Waals surface area contributed by atoms with Crippen molar-refractivity contribution in [2.45, 2.75) is 19.9 Å². The average Bonchev–Trinajstić information content (AvgIpc) is 2.97. The monoisotopic (exact) mass is 536 g/mol. The van der Waals surface area contributed by atoms with Crippen LogP contribution in [0, 0.1) is 0 Å². The zero-order valence-corrected chi connectivity index (χ0v) is 22.9. The van der Waals surface area contributed by atoms with Gasteiger partial charge in [-0.15, -0.1) is 0 Å². The lowest BCUT2D eigenvalue weighted by molar-refractivity contribution is -0.139. The van der Waals surface area contributed by atoms with Crippen LogP contribution in [0.5, 0.6) is 11.5 Å². The van der Waals surface area contributed by atoms with Crippen molar-refractivity contribution >= 4 is 17.9 Å². The molecule has 0 aromatic heterocycles. The normalized spacial score (nSPS) is 18.1. The number of benzene rings is 2. The molecule has 3 amide bonds. The number of carbonyl (C=O) groups excluding carboxylic acids is 3. The van der Waals surface area contributed by atoms with E-state index in [9.17, 15) is 14.4 Å². The number of nitrogens with zero attached hydrogens (tertiary/aromatic N) is 3. The van der Waals surface area contributed by atoms with Crippen molar-refractivity contribution in [1.29, 1.82) is 0 Å². The highest BCUT2D eigenvalue weighted by Crippen LogP contribution is 2.35. The molecular weight excluding hydrogens is 500 g/mol. The third-order valence-corrected chi connectivity index (χ3v) is 7.01. The molecule has 1 N–H and O–H groups in total. The Kier molecular flexibility index (Phi) is 9.08. The van der Waals surface area contributed by atoms with Gasteiger partial charge in [-0.3, -0.25) is 14.6 Å². The first kappa shape index (κ1) is 28.0. The molecule has 2 heterocycles. The van der Waals surface area contributed by atoms with Gasteiger partial charge < -0.3 is 24.4 Å². The Labute approximate surface area is 229 Å². The fourth-order valence-electron chi connectivity index (χ4n) is 4.99. The van der Waals surface area contributed by atoms with Crippen LogP contribution in [0.1, 0.15) is 35.8 Å². The molecule has 1 saturated heterocycles. The van der Waals surface area contributed by atoms with Crippen molar-refractivity contribution in [3.8, 4) is 11.5 Å². The van der Waals surface area contributed by atoms with Gasteiger partial charge in [0.1, 0.15) is 11.5 Å². The van der Waals surface area contributed by atoms with Crippen LogP contribution in [-0.4, -0.2) is 92.7 Å². The lowest BCUT2D eigenvalue weighted by atomic mass is 9.93. The number of amides is 3. The Bertz CT molecular complexity index is 1200. The molecule has 1 unspecified atom stereocenters. The molecule has 4 rings (SSSR count). The largest absolute Gasteiger partial charge is 0.497 e. The number of methoxy groups -OCH3 is 2. The number of rotatable bonds is 9. The van der Waals surface area contributed by atoms with E-state index in [-0.39, 0.29) is 18.5 Å².